The Labute approximate surface area is 160 Å². The lowest BCUT2D eigenvalue weighted by atomic mass is 10.1. The number of hydrogen-bond acceptors (Lipinski definition) is 4. The van der Waals surface area contributed by atoms with E-state index in [4.69, 9.17) is 23.2 Å². The molecule has 0 atom stereocenters. The van der Waals surface area contributed by atoms with Crippen molar-refractivity contribution >= 4 is 33.2 Å². The number of aliphatic hydroxyl groups is 1. The molecule has 1 heterocycles. The van der Waals surface area contributed by atoms with Crippen LogP contribution in [-0.2, 0) is 23.2 Å². The average molecular weight is 412 g/mol. The number of nitrogens with one attached hydrogen (secondary N) is 2. The maximum Gasteiger partial charge on any atom is 0.240 e. The predicted octanol–water partition coefficient (Wildman–Crippen LogP) is 3.35. The van der Waals surface area contributed by atoms with Gasteiger partial charge in [0.15, 0.2) is 0 Å². The van der Waals surface area contributed by atoms with Gasteiger partial charge in [-0.25, -0.2) is 13.1 Å². The van der Waals surface area contributed by atoms with Crippen molar-refractivity contribution in [3.05, 3.63) is 69.8 Å². The van der Waals surface area contributed by atoms with E-state index in [-0.39, 0.29) is 18.0 Å². The van der Waals surface area contributed by atoms with Crippen LogP contribution in [0, 0.1) is 0 Å². The largest absolute Gasteiger partial charge is 0.392 e. The fourth-order valence-electron chi connectivity index (χ4n) is 2.45. The number of rotatable bonds is 6. The van der Waals surface area contributed by atoms with Crippen LogP contribution in [0.15, 0.2) is 53.4 Å². The van der Waals surface area contributed by atoms with Gasteiger partial charge in [0.05, 0.1) is 29.4 Å². The van der Waals surface area contributed by atoms with Gasteiger partial charge in [-0.2, -0.15) is 5.10 Å². The molecule has 0 fully saturated rings. The maximum atomic E-state index is 12.4. The summed E-state index contributed by atoms with van der Waals surface area (Å²) in [5.74, 6) is 0. The zero-order valence-electron chi connectivity index (χ0n) is 13.4. The number of aromatic nitrogens is 2. The quantitative estimate of drug-likeness (QED) is 0.579. The zero-order valence-corrected chi connectivity index (χ0v) is 15.7. The van der Waals surface area contributed by atoms with Crippen LogP contribution >= 0.6 is 23.2 Å². The zero-order chi connectivity index (χ0) is 18.7. The first-order valence-electron chi connectivity index (χ1n) is 7.59. The van der Waals surface area contributed by atoms with Gasteiger partial charge in [-0.05, 0) is 30.3 Å². The topological polar surface area (TPSA) is 95.1 Å². The molecule has 0 aliphatic rings. The molecule has 0 aliphatic heterocycles. The van der Waals surface area contributed by atoms with Crippen molar-refractivity contribution in [3.8, 4) is 11.3 Å². The van der Waals surface area contributed by atoms with Crippen LogP contribution in [0.25, 0.3) is 11.3 Å². The Kier molecular flexibility index (Phi) is 5.64. The van der Waals surface area contributed by atoms with Crippen LogP contribution in [-0.4, -0.2) is 23.7 Å². The van der Waals surface area contributed by atoms with Gasteiger partial charge >= 0.3 is 0 Å². The van der Waals surface area contributed by atoms with Gasteiger partial charge in [-0.3, -0.25) is 5.10 Å². The van der Waals surface area contributed by atoms with Crippen LogP contribution < -0.4 is 4.72 Å². The number of benzene rings is 2. The summed E-state index contributed by atoms with van der Waals surface area (Å²) in [6, 6.07) is 13.0. The SMILES string of the molecule is O=S(=O)(NCc1[nH]nc(-c2ccc(Cl)cc2)c1CO)c1cccc(Cl)c1. The second-order valence-electron chi connectivity index (χ2n) is 5.48. The van der Waals surface area contributed by atoms with E-state index in [2.05, 4.69) is 14.9 Å². The molecule has 0 spiro atoms. The van der Waals surface area contributed by atoms with Gasteiger partial charge < -0.3 is 5.11 Å². The maximum absolute atomic E-state index is 12.4. The van der Waals surface area contributed by atoms with E-state index in [1.54, 1.807) is 36.4 Å². The van der Waals surface area contributed by atoms with E-state index in [0.717, 1.165) is 5.56 Å². The molecule has 3 aromatic rings. The lowest BCUT2D eigenvalue weighted by Gasteiger charge is -2.07. The molecule has 136 valence electrons. The van der Waals surface area contributed by atoms with Crippen LogP contribution in [0.1, 0.15) is 11.3 Å². The number of halogens is 2. The third kappa shape index (κ3) is 4.08. The molecule has 2 aromatic carbocycles. The lowest BCUT2D eigenvalue weighted by molar-refractivity contribution is 0.281. The summed E-state index contributed by atoms with van der Waals surface area (Å²) < 4.78 is 27.3. The van der Waals surface area contributed by atoms with Gasteiger partial charge in [0.2, 0.25) is 10.0 Å². The van der Waals surface area contributed by atoms with Crippen LogP contribution in [0.5, 0.6) is 0 Å². The van der Waals surface area contributed by atoms with Gasteiger partial charge in [-0.15, -0.1) is 0 Å². The summed E-state index contributed by atoms with van der Waals surface area (Å²) in [5.41, 5.74) is 2.30. The molecule has 0 saturated carbocycles. The molecule has 0 bridgehead atoms. The first-order chi connectivity index (χ1) is 12.4. The van der Waals surface area contributed by atoms with Crippen molar-refractivity contribution < 1.29 is 13.5 Å². The molecule has 1 aromatic heterocycles. The Bertz CT molecular complexity index is 1020. The Hall–Kier alpha value is -1.90. The van der Waals surface area contributed by atoms with E-state index in [0.29, 0.717) is 27.0 Å². The highest BCUT2D eigenvalue weighted by Crippen LogP contribution is 2.25. The second-order valence-corrected chi connectivity index (χ2v) is 8.12. The van der Waals surface area contributed by atoms with Gasteiger partial charge in [-0.1, -0.05) is 41.4 Å². The number of aliphatic hydroxyl groups excluding tert-OH is 1. The molecule has 3 N–H and O–H groups in total. The van der Waals surface area contributed by atoms with E-state index >= 15 is 0 Å². The normalized spacial score (nSPS) is 11.7. The minimum absolute atomic E-state index is 0.0503. The Morgan fingerprint density at radius 3 is 2.46 bits per heavy atom. The van der Waals surface area contributed by atoms with E-state index in [1.165, 1.54) is 12.1 Å². The summed E-state index contributed by atoms with van der Waals surface area (Å²) in [5, 5.41) is 17.6. The lowest BCUT2D eigenvalue weighted by Crippen LogP contribution is -2.24. The van der Waals surface area contributed by atoms with Crippen molar-refractivity contribution in [3.63, 3.8) is 0 Å². The fourth-order valence-corrected chi connectivity index (χ4v) is 3.87. The fraction of sp³-hybridized carbons (Fsp3) is 0.118. The van der Waals surface area contributed by atoms with Crippen molar-refractivity contribution in [2.24, 2.45) is 0 Å². The third-order valence-electron chi connectivity index (χ3n) is 3.77. The molecule has 0 unspecified atom stereocenters. The minimum Gasteiger partial charge on any atom is -0.392 e. The van der Waals surface area contributed by atoms with Gasteiger partial charge in [0, 0.05) is 21.2 Å². The average Bonchev–Trinajstić information content (AvgIpc) is 3.03. The molecule has 0 saturated heterocycles. The van der Waals surface area contributed by atoms with Crippen LogP contribution in [0.2, 0.25) is 10.0 Å². The first kappa shape index (κ1) is 18.9. The third-order valence-corrected chi connectivity index (χ3v) is 5.66. The highest BCUT2D eigenvalue weighted by molar-refractivity contribution is 7.89. The van der Waals surface area contributed by atoms with E-state index in [9.17, 15) is 13.5 Å². The predicted molar refractivity (Wildman–Crippen MR) is 100 cm³/mol. The number of aromatic amines is 1. The van der Waals surface area contributed by atoms with Crippen LogP contribution in [0.3, 0.4) is 0 Å². The van der Waals surface area contributed by atoms with Crippen molar-refractivity contribution in [2.75, 3.05) is 0 Å². The smallest absolute Gasteiger partial charge is 0.240 e. The highest BCUT2D eigenvalue weighted by Gasteiger charge is 2.18. The van der Waals surface area contributed by atoms with Crippen molar-refractivity contribution in [1.29, 1.82) is 0 Å². The molecule has 0 radical (unpaired) electrons. The summed E-state index contributed by atoms with van der Waals surface area (Å²) >= 11 is 11.7. The number of sulfonamides is 1. The molecule has 9 heteroatoms. The minimum atomic E-state index is -3.75. The second kappa shape index (κ2) is 7.77. The summed E-state index contributed by atoms with van der Waals surface area (Å²) in [6.07, 6.45) is 0. The number of hydrogen-bond donors (Lipinski definition) is 3. The number of nitrogens with zero attached hydrogens (tertiary/aromatic N) is 1. The first-order valence-corrected chi connectivity index (χ1v) is 9.83. The van der Waals surface area contributed by atoms with Crippen molar-refractivity contribution in [2.45, 2.75) is 18.0 Å². The molecule has 0 aliphatic carbocycles. The molecule has 3 rings (SSSR count). The summed E-state index contributed by atoms with van der Waals surface area (Å²) in [7, 11) is -3.75. The molecule has 6 nitrogen and oxygen atoms in total. The van der Waals surface area contributed by atoms with Gasteiger partial charge in [0.25, 0.3) is 0 Å². The van der Waals surface area contributed by atoms with Crippen molar-refractivity contribution in [1.82, 2.24) is 14.9 Å². The monoisotopic (exact) mass is 411 g/mol. The standard InChI is InChI=1S/C17H15Cl2N3O3S/c18-12-6-4-11(5-7-12)17-15(10-23)16(21-22-17)9-20-26(24,25)14-3-1-2-13(19)8-14/h1-8,20,23H,9-10H2,(H,21,22). The molecular weight excluding hydrogens is 397 g/mol. The summed E-state index contributed by atoms with van der Waals surface area (Å²) in [4.78, 5) is 0.0630. The Balaban J connectivity index is 1.83. The Morgan fingerprint density at radius 2 is 1.81 bits per heavy atom. The van der Waals surface area contributed by atoms with Crippen LogP contribution in [0.4, 0.5) is 0 Å². The number of H-pyrrole nitrogens is 1. The van der Waals surface area contributed by atoms with E-state index in [1.807, 2.05) is 0 Å². The Morgan fingerprint density at radius 1 is 1.08 bits per heavy atom. The van der Waals surface area contributed by atoms with E-state index < -0.39 is 10.0 Å². The van der Waals surface area contributed by atoms with Gasteiger partial charge in [0.1, 0.15) is 0 Å². The highest BCUT2D eigenvalue weighted by atomic mass is 35.5. The summed E-state index contributed by atoms with van der Waals surface area (Å²) in [6.45, 7) is -0.339. The molecule has 0 amide bonds. The molecule has 26 heavy (non-hydrogen) atoms. The molecular formula is C17H15Cl2N3O3S.